The number of carbonyl (C=O) groups excluding carboxylic acids is 1. The van der Waals surface area contributed by atoms with Crippen LogP contribution >= 0.6 is 0 Å². The maximum atomic E-state index is 11.1. The minimum Gasteiger partial charge on any atom is -0.320 e. The van der Waals surface area contributed by atoms with Crippen LogP contribution in [0.5, 0.6) is 0 Å². The lowest BCUT2D eigenvalue weighted by Gasteiger charge is -1.99. The molecule has 0 aliphatic rings. The van der Waals surface area contributed by atoms with Gasteiger partial charge in [-0.1, -0.05) is 24.8 Å². The first-order valence-corrected chi connectivity index (χ1v) is 4.83. The predicted octanol–water partition coefficient (Wildman–Crippen LogP) is 2.00. The summed E-state index contributed by atoms with van der Waals surface area (Å²) in [6.07, 6.45) is 4.56. The molecular formula is C12H11N3O. The smallest absolute Gasteiger partial charge is 0.247 e. The molecule has 0 radical (unpaired) electrons. The average Bonchev–Trinajstić information content (AvgIpc) is 2.78. The number of nitrogens with one attached hydrogen (secondary N) is 1. The third-order valence-corrected chi connectivity index (χ3v) is 2.06. The Morgan fingerprint density at radius 3 is 2.81 bits per heavy atom. The topological polar surface area (TPSA) is 46.9 Å². The van der Waals surface area contributed by atoms with Crippen LogP contribution in [0.25, 0.3) is 5.69 Å². The van der Waals surface area contributed by atoms with E-state index in [1.165, 1.54) is 6.08 Å². The highest BCUT2D eigenvalue weighted by Crippen LogP contribution is 2.10. The lowest BCUT2D eigenvalue weighted by molar-refractivity contribution is -0.111. The van der Waals surface area contributed by atoms with E-state index < -0.39 is 0 Å². The molecule has 1 aromatic carbocycles. The Hall–Kier alpha value is -2.36. The second-order valence-electron chi connectivity index (χ2n) is 3.20. The van der Waals surface area contributed by atoms with Gasteiger partial charge in [-0.05, 0) is 18.2 Å². The highest BCUT2D eigenvalue weighted by molar-refractivity contribution is 5.98. The van der Waals surface area contributed by atoms with Crippen molar-refractivity contribution in [1.29, 1.82) is 0 Å². The summed E-state index contributed by atoms with van der Waals surface area (Å²) in [7, 11) is 0. The molecule has 0 saturated heterocycles. The van der Waals surface area contributed by atoms with Crippen molar-refractivity contribution >= 4 is 11.6 Å². The fourth-order valence-corrected chi connectivity index (χ4v) is 1.30. The second kappa shape index (κ2) is 4.44. The summed E-state index contributed by atoms with van der Waals surface area (Å²) in [5, 5.41) is 6.78. The van der Waals surface area contributed by atoms with Crippen LogP contribution < -0.4 is 5.32 Å². The Morgan fingerprint density at radius 1 is 1.38 bits per heavy atom. The summed E-state index contributed by atoms with van der Waals surface area (Å²) in [6.45, 7) is 3.38. The van der Waals surface area contributed by atoms with E-state index in [9.17, 15) is 4.79 Å². The molecule has 0 fully saturated rings. The van der Waals surface area contributed by atoms with Gasteiger partial charge in [0.15, 0.2) is 0 Å². The summed E-state index contributed by atoms with van der Waals surface area (Å²) >= 11 is 0. The molecule has 0 atom stereocenters. The summed E-state index contributed by atoms with van der Waals surface area (Å²) < 4.78 is 1.69. The summed E-state index contributed by atoms with van der Waals surface area (Å²) in [5.74, 6) is -0.243. The van der Waals surface area contributed by atoms with E-state index >= 15 is 0 Å². The maximum absolute atomic E-state index is 11.1. The molecule has 1 amide bonds. The molecule has 2 aromatic rings. The largest absolute Gasteiger partial charge is 0.320 e. The van der Waals surface area contributed by atoms with Crippen molar-refractivity contribution in [2.75, 3.05) is 5.32 Å². The van der Waals surface area contributed by atoms with Crippen LogP contribution in [-0.2, 0) is 4.79 Å². The number of anilines is 1. The van der Waals surface area contributed by atoms with E-state index in [0.29, 0.717) is 5.69 Å². The zero-order valence-corrected chi connectivity index (χ0v) is 8.63. The molecule has 0 spiro atoms. The quantitative estimate of drug-likeness (QED) is 0.792. The van der Waals surface area contributed by atoms with Crippen LogP contribution in [-0.4, -0.2) is 15.7 Å². The van der Waals surface area contributed by atoms with E-state index in [2.05, 4.69) is 17.0 Å². The molecule has 1 heterocycles. The molecule has 1 aromatic heterocycles. The number of nitrogens with zero attached hydrogens (tertiary/aromatic N) is 2. The van der Waals surface area contributed by atoms with Crippen LogP contribution in [0.2, 0.25) is 0 Å². The molecule has 80 valence electrons. The first kappa shape index (κ1) is 10.2. The van der Waals surface area contributed by atoms with Gasteiger partial charge in [-0.2, -0.15) is 5.10 Å². The standard InChI is InChI=1S/C12H11N3O/c1-2-12(16)14-10-8-13-15(9-10)11-6-4-3-5-7-11/h2-9H,1H2,(H,14,16). The van der Waals surface area contributed by atoms with Crippen LogP contribution in [0.1, 0.15) is 0 Å². The van der Waals surface area contributed by atoms with Gasteiger partial charge in [-0.25, -0.2) is 4.68 Å². The van der Waals surface area contributed by atoms with Gasteiger partial charge in [-0.15, -0.1) is 0 Å². The van der Waals surface area contributed by atoms with E-state index in [1.54, 1.807) is 17.1 Å². The first-order valence-electron chi connectivity index (χ1n) is 4.83. The minimum absolute atomic E-state index is 0.243. The molecule has 0 saturated carbocycles. The molecule has 0 unspecified atom stereocenters. The number of hydrogen-bond acceptors (Lipinski definition) is 2. The number of hydrogen-bond donors (Lipinski definition) is 1. The normalized spacial score (nSPS) is 9.75. The monoisotopic (exact) mass is 213 g/mol. The van der Waals surface area contributed by atoms with Crippen molar-refractivity contribution in [2.45, 2.75) is 0 Å². The highest BCUT2D eigenvalue weighted by Gasteiger charge is 2.01. The summed E-state index contributed by atoms with van der Waals surface area (Å²) in [6, 6.07) is 9.67. The fourth-order valence-electron chi connectivity index (χ4n) is 1.30. The third kappa shape index (κ3) is 2.17. The fraction of sp³-hybridized carbons (Fsp3) is 0. The third-order valence-electron chi connectivity index (χ3n) is 2.06. The molecule has 16 heavy (non-hydrogen) atoms. The SMILES string of the molecule is C=CC(=O)Nc1cnn(-c2ccccc2)c1. The zero-order chi connectivity index (χ0) is 11.4. The maximum Gasteiger partial charge on any atom is 0.247 e. The number of carbonyl (C=O) groups is 1. The molecule has 0 bridgehead atoms. The van der Waals surface area contributed by atoms with Gasteiger partial charge in [0.1, 0.15) is 0 Å². The van der Waals surface area contributed by atoms with Crippen molar-refractivity contribution in [2.24, 2.45) is 0 Å². The van der Waals surface area contributed by atoms with Crippen molar-refractivity contribution in [1.82, 2.24) is 9.78 Å². The number of para-hydroxylation sites is 1. The van der Waals surface area contributed by atoms with Crippen LogP contribution in [0.4, 0.5) is 5.69 Å². The lowest BCUT2D eigenvalue weighted by atomic mass is 10.3. The number of rotatable bonds is 3. The van der Waals surface area contributed by atoms with Gasteiger partial charge in [0, 0.05) is 0 Å². The molecule has 4 heteroatoms. The molecule has 4 nitrogen and oxygen atoms in total. The molecule has 0 aliphatic carbocycles. The predicted molar refractivity (Wildman–Crippen MR) is 62.4 cm³/mol. The molecular weight excluding hydrogens is 202 g/mol. The van der Waals surface area contributed by atoms with Crippen molar-refractivity contribution < 1.29 is 4.79 Å². The molecule has 2 rings (SSSR count). The minimum atomic E-state index is -0.243. The van der Waals surface area contributed by atoms with Crippen LogP contribution in [0.15, 0.2) is 55.4 Å². The van der Waals surface area contributed by atoms with Crippen molar-refractivity contribution in [3.8, 4) is 5.69 Å². The second-order valence-corrected chi connectivity index (χ2v) is 3.20. The van der Waals surface area contributed by atoms with Gasteiger partial charge in [-0.3, -0.25) is 4.79 Å². The highest BCUT2D eigenvalue weighted by atomic mass is 16.1. The van der Waals surface area contributed by atoms with Crippen LogP contribution in [0.3, 0.4) is 0 Å². The Kier molecular flexibility index (Phi) is 2.82. The summed E-state index contributed by atoms with van der Waals surface area (Å²) in [4.78, 5) is 11.1. The van der Waals surface area contributed by atoms with E-state index in [0.717, 1.165) is 5.69 Å². The Labute approximate surface area is 93.2 Å². The number of aromatic nitrogens is 2. The van der Waals surface area contributed by atoms with Gasteiger partial charge < -0.3 is 5.32 Å². The van der Waals surface area contributed by atoms with E-state index in [1.807, 2.05) is 30.3 Å². The summed E-state index contributed by atoms with van der Waals surface area (Å²) in [5.41, 5.74) is 1.59. The zero-order valence-electron chi connectivity index (χ0n) is 8.63. The lowest BCUT2D eigenvalue weighted by Crippen LogP contribution is -2.06. The molecule has 1 N–H and O–H groups in total. The van der Waals surface area contributed by atoms with E-state index in [-0.39, 0.29) is 5.91 Å². The van der Waals surface area contributed by atoms with Gasteiger partial charge in [0.25, 0.3) is 0 Å². The van der Waals surface area contributed by atoms with Gasteiger partial charge in [0.05, 0.1) is 23.8 Å². The van der Waals surface area contributed by atoms with Crippen LogP contribution in [0, 0.1) is 0 Å². The Morgan fingerprint density at radius 2 is 2.12 bits per heavy atom. The first-order chi connectivity index (χ1) is 7.79. The Balaban J connectivity index is 2.20. The van der Waals surface area contributed by atoms with Gasteiger partial charge in [0.2, 0.25) is 5.91 Å². The number of benzene rings is 1. The Bertz CT molecular complexity index is 502. The van der Waals surface area contributed by atoms with Crippen molar-refractivity contribution in [3.05, 3.63) is 55.4 Å². The average molecular weight is 213 g/mol. The molecule has 0 aliphatic heterocycles. The number of amides is 1. The van der Waals surface area contributed by atoms with Crippen molar-refractivity contribution in [3.63, 3.8) is 0 Å². The van der Waals surface area contributed by atoms with Gasteiger partial charge >= 0.3 is 0 Å². The van der Waals surface area contributed by atoms with E-state index in [4.69, 9.17) is 0 Å².